The maximum atomic E-state index is 5.26. The van der Waals surface area contributed by atoms with Crippen molar-refractivity contribution in [2.45, 2.75) is 64.3 Å². The molecule has 0 aliphatic heterocycles. The maximum Gasteiger partial charge on any atom is 0.171 e. The zero-order chi connectivity index (χ0) is 12.0. The highest BCUT2D eigenvalue weighted by Crippen LogP contribution is 2.26. The third-order valence-electron chi connectivity index (χ3n) is 3.76. The van der Waals surface area contributed by atoms with Crippen LogP contribution >= 0.6 is 0 Å². The molecule has 1 rings (SSSR count). The fraction of sp³-hybridized carbons (Fsp3) is 1.00. The third-order valence-corrected chi connectivity index (χ3v) is 3.76. The van der Waals surface area contributed by atoms with E-state index in [0.29, 0.717) is 6.04 Å². The summed E-state index contributed by atoms with van der Waals surface area (Å²) in [6.07, 6.45) is 6.78. The summed E-state index contributed by atoms with van der Waals surface area (Å²) in [7, 11) is 3.38. The van der Waals surface area contributed by atoms with Gasteiger partial charge in [-0.2, -0.15) is 0 Å². The van der Waals surface area contributed by atoms with E-state index in [1.54, 1.807) is 14.2 Å². The van der Waals surface area contributed by atoms with Gasteiger partial charge in [0, 0.05) is 20.3 Å². The van der Waals surface area contributed by atoms with Crippen molar-refractivity contribution in [1.29, 1.82) is 0 Å². The van der Waals surface area contributed by atoms with Crippen LogP contribution in [-0.2, 0) is 9.47 Å². The summed E-state index contributed by atoms with van der Waals surface area (Å²) in [6.45, 7) is 4.41. The largest absolute Gasteiger partial charge is 0.354 e. The first-order valence-electron chi connectivity index (χ1n) is 6.50. The molecule has 0 aromatic rings. The Bertz CT molecular complexity index is 177. The van der Waals surface area contributed by atoms with Crippen LogP contribution in [0.4, 0.5) is 0 Å². The first kappa shape index (κ1) is 13.9. The van der Waals surface area contributed by atoms with Crippen molar-refractivity contribution < 1.29 is 9.47 Å². The number of hydrogen-bond donors (Lipinski definition) is 1. The minimum Gasteiger partial charge on any atom is -0.354 e. The van der Waals surface area contributed by atoms with Crippen LogP contribution in [0.5, 0.6) is 0 Å². The zero-order valence-electron chi connectivity index (χ0n) is 11.2. The van der Waals surface area contributed by atoms with Gasteiger partial charge >= 0.3 is 0 Å². The molecule has 3 heteroatoms. The molecular formula is C13H27NO2. The van der Waals surface area contributed by atoms with Gasteiger partial charge in [-0.15, -0.1) is 0 Å². The number of ether oxygens (including phenoxy) is 2. The summed E-state index contributed by atoms with van der Waals surface area (Å²) in [5.41, 5.74) is 0. The molecule has 0 spiro atoms. The molecule has 0 bridgehead atoms. The number of hydrogen-bond acceptors (Lipinski definition) is 3. The average molecular weight is 229 g/mol. The van der Waals surface area contributed by atoms with Crippen LogP contribution in [0.25, 0.3) is 0 Å². The molecule has 0 amide bonds. The molecule has 0 aromatic heterocycles. The van der Waals surface area contributed by atoms with E-state index in [2.05, 4.69) is 19.2 Å². The van der Waals surface area contributed by atoms with E-state index in [4.69, 9.17) is 9.47 Å². The molecular weight excluding hydrogens is 202 g/mol. The van der Waals surface area contributed by atoms with Crippen LogP contribution in [0.2, 0.25) is 0 Å². The van der Waals surface area contributed by atoms with E-state index in [0.717, 1.165) is 5.92 Å². The van der Waals surface area contributed by atoms with Crippen molar-refractivity contribution in [3.05, 3.63) is 0 Å². The number of rotatable bonds is 6. The standard InChI is InChI=1S/C13H27NO2/c1-10(12-8-6-5-7-9-12)14-11(2)13(15-3)16-4/h10-14H,5-9H2,1-4H3/t10-,11?/m1/s1. The third kappa shape index (κ3) is 4.04. The lowest BCUT2D eigenvalue weighted by atomic mass is 9.84. The Balaban J connectivity index is 2.33. The number of methoxy groups -OCH3 is 2. The predicted molar refractivity (Wildman–Crippen MR) is 66.4 cm³/mol. The van der Waals surface area contributed by atoms with E-state index < -0.39 is 0 Å². The molecule has 96 valence electrons. The van der Waals surface area contributed by atoms with Crippen molar-refractivity contribution in [3.8, 4) is 0 Å². The second-order valence-corrected chi connectivity index (χ2v) is 4.98. The highest BCUT2D eigenvalue weighted by molar-refractivity contribution is 4.79. The average Bonchev–Trinajstić information content (AvgIpc) is 2.31. The van der Waals surface area contributed by atoms with E-state index in [1.807, 2.05) is 0 Å². The maximum absolute atomic E-state index is 5.26. The molecule has 16 heavy (non-hydrogen) atoms. The molecule has 0 aromatic carbocycles. The summed E-state index contributed by atoms with van der Waals surface area (Å²) < 4.78 is 10.5. The van der Waals surface area contributed by atoms with Gasteiger partial charge in [0.15, 0.2) is 6.29 Å². The van der Waals surface area contributed by atoms with Gasteiger partial charge in [0.2, 0.25) is 0 Å². The Hall–Kier alpha value is -0.120. The van der Waals surface area contributed by atoms with Crippen LogP contribution in [0.15, 0.2) is 0 Å². The van der Waals surface area contributed by atoms with Crippen LogP contribution in [-0.4, -0.2) is 32.6 Å². The highest BCUT2D eigenvalue weighted by Gasteiger charge is 2.24. The fourth-order valence-electron chi connectivity index (χ4n) is 2.77. The lowest BCUT2D eigenvalue weighted by Gasteiger charge is -2.32. The van der Waals surface area contributed by atoms with Gasteiger partial charge in [0.25, 0.3) is 0 Å². The van der Waals surface area contributed by atoms with E-state index in [9.17, 15) is 0 Å². The monoisotopic (exact) mass is 229 g/mol. The summed E-state index contributed by atoms with van der Waals surface area (Å²) in [6, 6.07) is 0.801. The smallest absolute Gasteiger partial charge is 0.171 e. The number of nitrogens with one attached hydrogen (secondary N) is 1. The van der Waals surface area contributed by atoms with Crippen molar-refractivity contribution >= 4 is 0 Å². The molecule has 1 fully saturated rings. The minimum absolute atomic E-state index is 0.147. The van der Waals surface area contributed by atoms with E-state index in [1.165, 1.54) is 32.1 Å². The van der Waals surface area contributed by atoms with Crippen LogP contribution in [0.1, 0.15) is 46.0 Å². The lowest BCUT2D eigenvalue weighted by Crippen LogP contribution is -2.47. The van der Waals surface area contributed by atoms with Gasteiger partial charge in [0.1, 0.15) is 0 Å². The Kier molecular flexibility index (Phi) is 6.32. The van der Waals surface area contributed by atoms with E-state index in [-0.39, 0.29) is 12.3 Å². The SMILES string of the molecule is COC(OC)C(C)N[C@H](C)C1CCCCC1. The fourth-order valence-corrected chi connectivity index (χ4v) is 2.77. The Labute approximate surface area is 99.9 Å². The van der Waals surface area contributed by atoms with Gasteiger partial charge < -0.3 is 14.8 Å². The first-order valence-corrected chi connectivity index (χ1v) is 6.50. The molecule has 0 radical (unpaired) electrons. The quantitative estimate of drug-likeness (QED) is 0.710. The van der Waals surface area contributed by atoms with Crippen LogP contribution in [0.3, 0.4) is 0 Å². The summed E-state index contributed by atoms with van der Waals surface area (Å²) in [4.78, 5) is 0. The second-order valence-electron chi connectivity index (χ2n) is 4.98. The zero-order valence-corrected chi connectivity index (χ0v) is 11.2. The van der Waals surface area contributed by atoms with Crippen LogP contribution < -0.4 is 5.32 Å². The Morgan fingerprint density at radius 3 is 2.06 bits per heavy atom. The molecule has 1 N–H and O–H groups in total. The van der Waals surface area contributed by atoms with Crippen molar-refractivity contribution in [1.82, 2.24) is 5.32 Å². The highest BCUT2D eigenvalue weighted by atomic mass is 16.7. The van der Waals surface area contributed by atoms with Gasteiger partial charge in [0.05, 0.1) is 6.04 Å². The molecule has 0 saturated heterocycles. The first-order chi connectivity index (χ1) is 7.69. The molecule has 0 heterocycles. The van der Waals surface area contributed by atoms with Gasteiger partial charge in [-0.3, -0.25) is 0 Å². The summed E-state index contributed by atoms with van der Waals surface area (Å²) in [5.74, 6) is 0.825. The predicted octanol–water partition coefficient (Wildman–Crippen LogP) is 2.55. The van der Waals surface area contributed by atoms with Crippen molar-refractivity contribution in [2.24, 2.45) is 5.92 Å². The van der Waals surface area contributed by atoms with Gasteiger partial charge in [-0.05, 0) is 32.6 Å². The van der Waals surface area contributed by atoms with E-state index >= 15 is 0 Å². The topological polar surface area (TPSA) is 30.5 Å². The second kappa shape index (κ2) is 7.25. The summed E-state index contributed by atoms with van der Waals surface area (Å²) in [5, 5.41) is 3.60. The van der Waals surface area contributed by atoms with Gasteiger partial charge in [-0.1, -0.05) is 19.3 Å². The lowest BCUT2D eigenvalue weighted by molar-refractivity contribution is -0.121. The van der Waals surface area contributed by atoms with Crippen molar-refractivity contribution in [2.75, 3.05) is 14.2 Å². The molecule has 3 nitrogen and oxygen atoms in total. The molecule has 1 unspecified atom stereocenters. The summed E-state index contributed by atoms with van der Waals surface area (Å²) >= 11 is 0. The normalized spacial score (nSPS) is 22.3. The van der Waals surface area contributed by atoms with Crippen LogP contribution in [0, 0.1) is 5.92 Å². The molecule has 2 atom stereocenters. The molecule has 1 aliphatic carbocycles. The van der Waals surface area contributed by atoms with Gasteiger partial charge in [-0.25, -0.2) is 0 Å². The minimum atomic E-state index is -0.147. The Morgan fingerprint density at radius 1 is 1.00 bits per heavy atom. The molecule has 1 saturated carbocycles. The Morgan fingerprint density at radius 2 is 1.56 bits per heavy atom. The molecule has 1 aliphatic rings. The van der Waals surface area contributed by atoms with Crippen molar-refractivity contribution in [3.63, 3.8) is 0 Å².